The molecule has 2 aromatic heterocycles. The van der Waals surface area contributed by atoms with Crippen LogP contribution in [-0.4, -0.2) is 33.7 Å². The average molecular weight is 436 g/mol. The van der Waals surface area contributed by atoms with E-state index in [1.165, 1.54) is 19.2 Å². The molecule has 3 aromatic rings. The summed E-state index contributed by atoms with van der Waals surface area (Å²) in [6.07, 6.45) is 7.96. The van der Waals surface area contributed by atoms with Gasteiger partial charge >= 0.3 is 0 Å². The normalized spacial score (nSPS) is 18.0. The minimum Gasteiger partial charge on any atom is -0.354 e. The van der Waals surface area contributed by atoms with E-state index >= 15 is 0 Å². The topological polar surface area (TPSA) is 88.7 Å². The molecule has 0 saturated heterocycles. The van der Waals surface area contributed by atoms with E-state index in [1.54, 1.807) is 22.7 Å². The molecule has 7 heteroatoms. The fraction of sp³-hybridized carbons (Fsp3) is 0.375. The Hall–Kier alpha value is -2.86. The molecule has 1 spiro atoms. The number of hydrogen-bond acceptors (Lipinski definition) is 3. The van der Waals surface area contributed by atoms with Crippen molar-refractivity contribution in [2.45, 2.75) is 44.4 Å². The Bertz CT molecular complexity index is 1270. The zero-order valence-corrected chi connectivity index (χ0v) is 18.5. The summed E-state index contributed by atoms with van der Waals surface area (Å²) in [6.45, 7) is 2.03. The van der Waals surface area contributed by atoms with Crippen LogP contribution in [0.1, 0.15) is 43.9 Å². The number of hydrogen-bond donors (Lipinski definition) is 3. The number of aromatic amines is 1. The van der Waals surface area contributed by atoms with Gasteiger partial charge in [0.05, 0.1) is 16.8 Å². The lowest BCUT2D eigenvalue weighted by Gasteiger charge is -2.50. The Morgan fingerprint density at radius 2 is 2.06 bits per heavy atom. The van der Waals surface area contributed by atoms with Gasteiger partial charge in [-0.15, -0.1) is 0 Å². The van der Waals surface area contributed by atoms with Crippen molar-refractivity contribution in [3.8, 4) is 5.69 Å². The van der Waals surface area contributed by atoms with E-state index in [4.69, 9.17) is 22.4 Å². The van der Waals surface area contributed by atoms with E-state index in [9.17, 15) is 4.79 Å². The monoisotopic (exact) mass is 435 g/mol. The van der Waals surface area contributed by atoms with E-state index in [-0.39, 0.29) is 5.56 Å². The van der Waals surface area contributed by atoms with Gasteiger partial charge < -0.3 is 9.88 Å². The largest absolute Gasteiger partial charge is 0.354 e. The van der Waals surface area contributed by atoms with Gasteiger partial charge in [-0.3, -0.25) is 20.2 Å². The van der Waals surface area contributed by atoms with Crippen LogP contribution in [0, 0.1) is 16.2 Å². The third-order valence-electron chi connectivity index (χ3n) is 7.17. The van der Waals surface area contributed by atoms with Gasteiger partial charge in [0.1, 0.15) is 11.4 Å². The molecule has 31 heavy (non-hydrogen) atoms. The average Bonchev–Trinajstić information content (AvgIpc) is 3.43. The number of fused-ring (bicyclic) bond motifs is 1. The highest BCUT2D eigenvalue weighted by Gasteiger charge is 2.63. The standard InChI is InChI=1S/C24H26ClN5O/c1-3-16-10-18-19(25)11-30(21(31)20(18)28-16)17-6-4-5-15(9-17)24(22(27)29(2)14-26)12-23(13-24)7-8-23/h4-6,9-11,14,26-28H,3,7-8,12-13H2,1-2H3. The molecule has 0 amide bonds. The number of pyridine rings is 1. The molecule has 0 aliphatic heterocycles. The fourth-order valence-corrected chi connectivity index (χ4v) is 5.48. The van der Waals surface area contributed by atoms with Crippen molar-refractivity contribution in [1.29, 1.82) is 10.8 Å². The number of likely N-dealkylation sites (N-methyl/N-ethyl adjacent to an activating group) is 1. The molecular weight excluding hydrogens is 410 g/mol. The summed E-state index contributed by atoms with van der Waals surface area (Å²) in [5, 5.41) is 17.7. The smallest absolute Gasteiger partial charge is 0.279 e. The van der Waals surface area contributed by atoms with E-state index < -0.39 is 5.41 Å². The number of nitrogens with zero attached hydrogens (tertiary/aromatic N) is 2. The lowest BCUT2D eigenvalue weighted by Crippen LogP contribution is -2.53. The van der Waals surface area contributed by atoms with Crippen LogP contribution in [0.5, 0.6) is 0 Å². The first kappa shape index (κ1) is 20.1. The summed E-state index contributed by atoms with van der Waals surface area (Å²) in [4.78, 5) is 18.0. The Balaban J connectivity index is 1.62. The second-order valence-electron chi connectivity index (χ2n) is 9.16. The molecule has 0 atom stereocenters. The van der Waals surface area contributed by atoms with Crippen LogP contribution >= 0.6 is 11.6 Å². The fourth-order valence-electron chi connectivity index (χ4n) is 5.23. The molecule has 2 aliphatic rings. The van der Waals surface area contributed by atoms with Crippen LogP contribution in [0.25, 0.3) is 16.6 Å². The lowest BCUT2D eigenvalue weighted by molar-refractivity contribution is 0.174. The van der Waals surface area contributed by atoms with Crippen molar-refractivity contribution in [3.05, 3.63) is 63.2 Å². The summed E-state index contributed by atoms with van der Waals surface area (Å²) in [6, 6.07) is 9.83. The lowest BCUT2D eigenvalue weighted by atomic mass is 9.55. The van der Waals surface area contributed by atoms with E-state index in [1.807, 2.05) is 37.3 Å². The Labute approximate surface area is 185 Å². The minimum atomic E-state index is -0.419. The van der Waals surface area contributed by atoms with Crippen molar-refractivity contribution < 1.29 is 0 Å². The molecule has 2 fully saturated rings. The first-order valence-electron chi connectivity index (χ1n) is 10.7. The highest BCUT2D eigenvalue weighted by molar-refractivity contribution is 6.35. The van der Waals surface area contributed by atoms with Crippen LogP contribution in [0.15, 0.2) is 41.3 Å². The number of aromatic nitrogens is 2. The summed E-state index contributed by atoms with van der Waals surface area (Å²) in [7, 11) is 1.76. The summed E-state index contributed by atoms with van der Waals surface area (Å²) in [5.74, 6) is 0.440. The van der Waals surface area contributed by atoms with Gasteiger partial charge in [-0.05, 0) is 61.3 Å². The van der Waals surface area contributed by atoms with Gasteiger partial charge in [0.15, 0.2) is 0 Å². The van der Waals surface area contributed by atoms with Crippen LogP contribution < -0.4 is 5.56 Å². The van der Waals surface area contributed by atoms with Crippen LogP contribution in [-0.2, 0) is 11.8 Å². The van der Waals surface area contributed by atoms with Crippen LogP contribution in [0.4, 0.5) is 0 Å². The van der Waals surface area contributed by atoms with Gasteiger partial charge in [0, 0.05) is 30.0 Å². The molecule has 2 saturated carbocycles. The number of rotatable bonds is 5. The predicted molar refractivity (Wildman–Crippen MR) is 125 cm³/mol. The van der Waals surface area contributed by atoms with E-state index in [0.717, 1.165) is 41.6 Å². The molecule has 0 unspecified atom stereocenters. The van der Waals surface area contributed by atoms with E-state index in [2.05, 4.69) is 4.98 Å². The molecule has 0 radical (unpaired) electrons. The number of halogens is 1. The second-order valence-corrected chi connectivity index (χ2v) is 9.57. The van der Waals surface area contributed by atoms with Crippen molar-refractivity contribution in [2.75, 3.05) is 7.05 Å². The van der Waals surface area contributed by atoms with Crippen LogP contribution in [0.3, 0.4) is 0 Å². The molecule has 5 rings (SSSR count). The van der Waals surface area contributed by atoms with Gasteiger partial charge in [-0.2, -0.15) is 0 Å². The summed E-state index contributed by atoms with van der Waals surface area (Å²) >= 11 is 6.53. The van der Waals surface area contributed by atoms with Crippen LogP contribution in [0.2, 0.25) is 5.02 Å². The molecule has 3 N–H and O–H groups in total. The molecule has 160 valence electrons. The third-order valence-corrected chi connectivity index (χ3v) is 7.48. The van der Waals surface area contributed by atoms with Gasteiger partial charge in [-0.1, -0.05) is 30.7 Å². The first-order valence-corrected chi connectivity index (χ1v) is 11.1. The van der Waals surface area contributed by atoms with Gasteiger partial charge in [-0.25, -0.2) is 0 Å². The highest BCUT2D eigenvalue weighted by atomic mass is 35.5. The van der Waals surface area contributed by atoms with Crippen molar-refractivity contribution in [3.63, 3.8) is 0 Å². The number of benzene rings is 1. The van der Waals surface area contributed by atoms with Gasteiger partial charge in [0.25, 0.3) is 5.56 Å². The maximum absolute atomic E-state index is 13.2. The third kappa shape index (κ3) is 2.96. The quantitative estimate of drug-likeness (QED) is 0.394. The molecule has 6 nitrogen and oxygen atoms in total. The van der Waals surface area contributed by atoms with Crippen molar-refractivity contribution >= 4 is 34.7 Å². The van der Waals surface area contributed by atoms with Crippen molar-refractivity contribution in [1.82, 2.24) is 14.5 Å². The van der Waals surface area contributed by atoms with E-state index in [0.29, 0.717) is 21.8 Å². The minimum absolute atomic E-state index is 0.135. The number of H-pyrrole nitrogens is 1. The maximum atomic E-state index is 13.2. The number of amidine groups is 1. The Kier molecular flexibility index (Phi) is 4.42. The zero-order chi connectivity index (χ0) is 22.0. The maximum Gasteiger partial charge on any atom is 0.279 e. The number of nitrogens with one attached hydrogen (secondary N) is 3. The number of aryl methyl sites for hydroxylation is 1. The predicted octanol–water partition coefficient (Wildman–Crippen LogP) is 4.86. The summed E-state index contributed by atoms with van der Waals surface area (Å²) in [5.41, 5.74) is 3.06. The van der Waals surface area contributed by atoms with Gasteiger partial charge in [0.2, 0.25) is 0 Å². The molecular formula is C24H26ClN5O. The SMILES string of the molecule is CCc1cc2c(Cl)cn(-c3cccc(C4(C(=N)N(C)C=N)CC5(CC5)C4)c3)c(=O)c2[nH]1. The molecule has 2 heterocycles. The molecule has 2 aliphatic carbocycles. The highest BCUT2D eigenvalue weighted by Crippen LogP contribution is 2.69. The van der Waals surface area contributed by atoms with Crippen molar-refractivity contribution in [2.24, 2.45) is 5.41 Å². The molecule has 0 bridgehead atoms. The Morgan fingerprint density at radius 1 is 1.32 bits per heavy atom. The summed E-state index contributed by atoms with van der Waals surface area (Å²) < 4.78 is 1.59. The zero-order valence-electron chi connectivity index (χ0n) is 17.8. The molecule has 1 aromatic carbocycles. The Morgan fingerprint density at radius 3 is 2.71 bits per heavy atom. The first-order chi connectivity index (χ1) is 14.8. The second kappa shape index (κ2) is 6.82.